The van der Waals surface area contributed by atoms with Crippen LogP contribution in [0.25, 0.3) is 11.5 Å². The Kier molecular flexibility index (Phi) is 4.34. The Balaban J connectivity index is 1.59. The number of carbonyl (C=O) groups excluding carboxylic acids is 1. The van der Waals surface area contributed by atoms with Crippen molar-refractivity contribution in [2.45, 2.75) is 12.3 Å². The minimum atomic E-state index is -0.147. The Morgan fingerprint density at radius 1 is 1.19 bits per heavy atom. The Morgan fingerprint density at radius 3 is 2.77 bits per heavy atom. The van der Waals surface area contributed by atoms with Gasteiger partial charge in [0, 0.05) is 18.9 Å². The third kappa shape index (κ3) is 2.93. The van der Waals surface area contributed by atoms with E-state index in [4.69, 9.17) is 20.9 Å². The number of hydrogen-bond acceptors (Lipinski definition) is 5. The van der Waals surface area contributed by atoms with Crippen LogP contribution >= 0.6 is 11.6 Å². The predicted molar refractivity (Wildman–Crippen MR) is 97.4 cm³/mol. The summed E-state index contributed by atoms with van der Waals surface area (Å²) in [7, 11) is 1.59. The highest BCUT2D eigenvalue weighted by atomic mass is 35.5. The predicted octanol–water partition coefficient (Wildman–Crippen LogP) is 3.92. The van der Waals surface area contributed by atoms with Crippen LogP contribution in [0.1, 0.15) is 18.2 Å². The Hall–Kier alpha value is -2.86. The zero-order valence-electron chi connectivity index (χ0n) is 14.1. The lowest BCUT2D eigenvalue weighted by molar-refractivity contribution is -0.117. The third-order valence-electron chi connectivity index (χ3n) is 4.41. The van der Waals surface area contributed by atoms with Crippen molar-refractivity contribution in [2.24, 2.45) is 0 Å². The van der Waals surface area contributed by atoms with Crippen LogP contribution in [-0.2, 0) is 4.79 Å². The second-order valence-electron chi connectivity index (χ2n) is 6.01. The molecule has 1 unspecified atom stereocenters. The zero-order chi connectivity index (χ0) is 18.1. The molecule has 7 heteroatoms. The minimum Gasteiger partial charge on any atom is -0.496 e. The fourth-order valence-corrected chi connectivity index (χ4v) is 3.35. The maximum absolute atomic E-state index is 12.4. The second-order valence-corrected chi connectivity index (χ2v) is 6.42. The lowest BCUT2D eigenvalue weighted by Crippen LogP contribution is -2.24. The molecule has 3 aromatic rings. The average molecular weight is 370 g/mol. The van der Waals surface area contributed by atoms with Gasteiger partial charge in [-0.25, -0.2) is 0 Å². The summed E-state index contributed by atoms with van der Waals surface area (Å²) >= 11 is 6.22. The van der Waals surface area contributed by atoms with E-state index >= 15 is 0 Å². The van der Waals surface area contributed by atoms with Crippen molar-refractivity contribution in [2.75, 3.05) is 18.6 Å². The van der Waals surface area contributed by atoms with Gasteiger partial charge >= 0.3 is 0 Å². The monoisotopic (exact) mass is 369 g/mol. The van der Waals surface area contributed by atoms with E-state index in [1.165, 1.54) is 0 Å². The van der Waals surface area contributed by atoms with Gasteiger partial charge in [-0.2, -0.15) is 4.98 Å². The molecule has 26 heavy (non-hydrogen) atoms. The number of carbonyl (C=O) groups is 1. The molecule has 132 valence electrons. The first-order valence-corrected chi connectivity index (χ1v) is 8.57. The summed E-state index contributed by atoms with van der Waals surface area (Å²) < 4.78 is 10.7. The maximum atomic E-state index is 12.4. The van der Waals surface area contributed by atoms with E-state index in [2.05, 4.69) is 10.1 Å². The Morgan fingerprint density at radius 2 is 1.96 bits per heavy atom. The number of ether oxygens (including phenoxy) is 1. The van der Waals surface area contributed by atoms with Crippen LogP contribution in [-0.4, -0.2) is 29.7 Å². The van der Waals surface area contributed by atoms with Crippen LogP contribution in [0.15, 0.2) is 53.1 Å². The van der Waals surface area contributed by atoms with E-state index in [0.717, 1.165) is 5.56 Å². The van der Waals surface area contributed by atoms with E-state index in [0.29, 0.717) is 41.1 Å². The minimum absolute atomic E-state index is 0.00765. The van der Waals surface area contributed by atoms with Crippen molar-refractivity contribution in [1.29, 1.82) is 0 Å². The molecule has 0 radical (unpaired) electrons. The summed E-state index contributed by atoms with van der Waals surface area (Å²) in [6.07, 6.45) is 0.316. The molecule has 1 aromatic heterocycles. The third-order valence-corrected chi connectivity index (χ3v) is 4.73. The summed E-state index contributed by atoms with van der Waals surface area (Å²) in [6.45, 7) is 0.466. The molecule has 2 heterocycles. The summed E-state index contributed by atoms with van der Waals surface area (Å²) in [5.74, 6) is 1.38. The summed E-state index contributed by atoms with van der Waals surface area (Å²) in [6, 6.07) is 14.7. The van der Waals surface area contributed by atoms with Gasteiger partial charge in [0.15, 0.2) is 5.82 Å². The molecule has 1 aliphatic rings. The fourth-order valence-electron chi connectivity index (χ4n) is 3.12. The molecule has 0 aliphatic carbocycles. The number of rotatable bonds is 4. The second kappa shape index (κ2) is 6.80. The lowest BCUT2D eigenvalue weighted by Gasteiger charge is -2.17. The molecule has 0 saturated carbocycles. The fraction of sp³-hybridized carbons (Fsp3) is 0.211. The van der Waals surface area contributed by atoms with Gasteiger partial charge in [0.25, 0.3) is 5.89 Å². The average Bonchev–Trinajstić information content (AvgIpc) is 3.29. The standard InChI is InChI=1S/C19H16ClN3O3/c1-25-16-9-5-2-6-13(16)19-21-18(22-26-19)12-10-17(24)23(11-12)15-8-4-3-7-14(15)20/h2-9,12H,10-11H2,1H3. The van der Waals surface area contributed by atoms with Crippen LogP contribution in [0.2, 0.25) is 5.02 Å². The number of anilines is 1. The van der Waals surface area contributed by atoms with Crippen molar-refractivity contribution in [3.63, 3.8) is 0 Å². The van der Waals surface area contributed by atoms with Gasteiger partial charge < -0.3 is 14.2 Å². The van der Waals surface area contributed by atoms with Crippen LogP contribution in [0, 0.1) is 0 Å². The number of methoxy groups -OCH3 is 1. The van der Waals surface area contributed by atoms with Gasteiger partial charge in [0.1, 0.15) is 5.75 Å². The van der Waals surface area contributed by atoms with Crippen molar-refractivity contribution in [3.8, 4) is 17.2 Å². The SMILES string of the molecule is COc1ccccc1-c1nc(C2CC(=O)N(c3ccccc3Cl)C2)no1. The number of halogens is 1. The van der Waals surface area contributed by atoms with Crippen LogP contribution in [0.4, 0.5) is 5.69 Å². The van der Waals surface area contributed by atoms with Crippen molar-refractivity contribution < 1.29 is 14.1 Å². The van der Waals surface area contributed by atoms with E-state index < -0.39 is 0 Å². The topological polar surface area (TPSA) is 68.5 Å². The molecule has 1 atom stereocenters. The molecule has 0 spiro atoms. The highest BCUT2D eigenvalue weighted by Gasteiger charge is 2.35. The van der Waals surface area contributed by atoms with Gasteiger partial charge in [-0.3, -0.25) is 4.79 Å². The van der Waals surface area contributed by atoms with Gasteiger partial charge in [0.2, 0.25) is 5.91 Å². The number of amides is 1. The first-order valence-electron chi connectivity index (χ1n) is 8.19. The van der Waals surface area contributed by atoms with E-state index in [1.54, 1.807) is 18.1 Å². The number of para-hydroxylation sites is 2. The Bertz CT molecular complexity index is 956. The molecule has 1 amide bonds. The Labute approximate surface area is 155 Å². The maximum Gasteiger partial charge on any atom is 0.261 e. The van der Waals surface area contributed by atoms with Crippen molar-refractivity contribution >= 4 is 23.2 Å². The highest BCUT2D eigenvalue weighted by molar-refractivity contribution is 6.33. The molecule has 1 aliphatic heterocycles. The molecule has 6 nitrogen and oxygen atoms in total. The van der Waals surface area contributed by atoms with Gasteiger partial charge in [-0.05, 0) is 24.3 Å². The van der Waals surface area contributed by atoms with E-state index in [9.17, 15) is 4.79 Å². The number of hydrogen-bond donors (Lipinski definition) is 0. The van der Waals surface area contributed by atoms with Gasteiger partial charge in [-0.15, -0.1) is 0 Å². The summed E-state index contributed by atoms with van der Waals surface area (Å²) in [4.78, 5) is 18.6. The molecule has 1 fully saturated rings. The molecule has 0 bridgehead atoms. The van der Waals surface area contributed by atoms with Crippen molar-refractivity contribution in [1.82, 2.24) is 10.1 Å². The molecule has 1 saturated heterocycles. The van der Waals surface area contributed by atoms with Crippen LogP contribution in [0.5, 0.6) is 5.75 Å². The largest absolute Gasteiger partial charge is 0.496 e. The smallest absolute Gasteiger partial charge is 0.261 e. The molecule has 2 aromatic carbocycles. The normalized spacial score (nSPS) is 16.9. The summed E-state index contributed by atoms with van der Waals surface area (Å²) in [5, 5.41) is 4.63. The number of aromatic nitrogens is 2. The highest BCUT2D eigenvalue weighted by Crippen LogP contribution is 2.35. The van der Waals surface area contributed by atoms with E-state index in [1.807, 2.05) is 42.5 Å². The number of nitrogens with zero attached hydrogens (tertiary/aromatic N) is 3. The van der Waals surface area contributed by atoms with Gasteiger partial charge in [0.05, 0.1) is 23.4 Å². The first kappa shape index (κ1) is 16.6. The summed E-state index contributed by atoms with van der Waals surface area (Å²) in [5.41, 5.74) is 1.43. The molecule has 4 rings (SSSR count). The van der Waals surface area contributed by atoms with Crippen LogP contribution in [0.3, 0.4) is 0 Å². The molecular formula is C19H16ClN3O3. The van der Waals surface area contributed by atoms with Crippen LogP contribution < -0.4 is 9.64 Å². The van der Waals surface area contributed by atoms with Crippen molar-refractivity contribution in [3.05, 3.63) is 59.4 Å². The molecular weight excluding hydrogens is 354 g/mol. The number of benzene rings is 2. The zero-order valence-corrected chi connectivity index (χ0v) is 14.8. The first-order chi connectivity index (χ1) is 12.7. The lowest BCUT2D eigenvalue weighted by atomic mass is 10.1. The molecule has 0 N–H and O–H groups in total. The van der Waals surface area contributed by atoms with Gasteiger partial charge in [-0.1, -0.05) is 41.0 Å². The quantitative estimate of drug-likeness (QED) is 0.697. The van der Waals surface area contributed by atoms with E-state index in [-0.39, 0.29) is 11.8 Å².